The van der Waals surface area contributed by atoms with E-state index in [1.54, 1.807) is 0 Å². The van der Waals surface area contributed by atoms with Gasteiger partial charge in [0.25, 0.3) is 0 Å². The summed E-state index contributed by atoms with van der Waals surface area (Å²) in [4.78, 5) is 2.19. The van der Waals surface area contributed by atoms with Crippen LogP contribution < -0.4 is 5.32 Å². The van der Waals surface area contributed by atoms with Gasteiger partial charge in [0.2, 0.25) is 0 Å². The van der Waals surface area contributed by atoms with Gasteiger partial charge in [-0.05, 0) is 48.6 Å². The third kappa shape index (κ3) is 7.51. The van der Waals surface area contributed by atoms with Crippen LogP contribution in [-0.4, -0.2) is 28.7 Å². The quantitative estimate of drug-likeness (QED) is 0.353. The molecule has 0 bridgehead atoms. The molecule has 3 aromatic rings. The summed E-state index contributed by atoms with van der Waals surface area (Å²) in [6.45, 7) is 5.85. The van der Waals surface area contributed by atoms with E-state index in [0.717, 1.165) is 35.9 Å². The number of nitrogens with zero attached hydrogens (tertiary/aromatic N) is 1. The van der Waals surface area contributed by atoms with Crippen molar-refractivity contribution in [3.63, 3.8) is 0 Å². The summed E-state index contributed by atoms with van der Waals surface area (Å²) in [5.41, 5.74) is 3.43. The summed E-state index contributed by atoms with van der Waals surface area (Å²) in [6, 6.07) is 23.3. The number of nitrogens with one attached hydrogen (secondary N) is 1. The molecule has 180 valence electrons. The van der Waals surface area contributed by atoms with E-state index in [0.29, 0.717) is 25.1 Å². The van der Waals surface area contributed by atoms with Crippen LogP contribution in [0.15, 0.2) is 90.6 Å². The maximum Gasteiger partial charge on any atom is 0.126 e. The van der Waals surface area contributed by atoms with E-state index >= 15 is 0 Å². The predicted molar refractivity (Wildman–Crippen MR) is 134 cm³/mol. The molecule has 3 rings (SSSR count). The normalized spacial score (nSPS) is 13.6. The third-order valence-electron chi connectivity index (χ3n) is 5.87. The van der Waals surface area contributed by atoms with Gasteiger partial charge in [0.1, 0.15) is 17.7 Å². The lowest BCUT2D eigenvalue weighted by molar-refractivity contribution is 0.0564. The molecule has 2 atom stereocenters. The SMILES string of the molecule is C/C=C(\NCCC)C(O)[C@H](Cc1cc(F)cc(F)c1)N(Cc1ccccc1)Cc1ccccc1. The first-order chi connectivity index (χ1) is 16.5. The lowest BCUT2D eigenvalue weighted by atomic mass is 9.95. The molecule has 5 heteroatoms. The van der Waals surface area contributed by atoms with E-state index in [-0.39, 0.29) is 0 Å². The van der Waals surface area contributed by atoms with E-state index in [1.807, 2.05) is 49.4 Å². The fourth-order valence-corrected chi connectivity index (χ4v) is 4.19. The van der Waals surface area contributed by atoms with Crippen molar-refractivity contribution in [3.05, 3.63) is 119 Å². The van der Waals surface area contributed by atoms with E-state index in [9.17, 15) is 13.9 Å². The largest absolute Gasteiger partial charge is 0.386 e. The number of aliphatic hydroxyl groups excluding tert-OH is 1. The van der Waals surface area contributed by atoms with Gasteiger partial charge in [-0.2, -0.15) is 0 Å². The summed E-state index contributed by atoms with van der Waals surface area (Å²) < 4.78 is 28.1. The molecule has 0 aliphatic rings. The van der Waals surface area contributed by atoms with E-state index in [4.69, 9.17) is 0 Å². The number of benzene rings is 3. The van der Waals surface area contributed by atoms with Crippen LogP contribution >= 0.6 is 0 Å². The molecule has 1 unspecified atom stereocenters. The Morgan fingerprint density at radius 1 is 0.882 bits per heavy atom. The summed E-state index contributed by atoms with van der Waals surface area (Å²) in [5.74, 6) is -1.23. The molecule has 2 N–H and O–H groups in total. The molecule has 0 aliphatic heterocycles. The Balaban J connectivity index is 2.00. The Labute approximate surface area is 201 Å². The first kappa shape index (κ1) is 25.6. The maximum absolute atomic E-state index is 14.0. The minimum Gasteiger partial charge on any atom is -0.386 e. The molecule has 0 fully saturated rings. The minimum absolute atomic E-state index is 0.292. The lowest BCUT2D eigenvalue weighted by Crippen LogP contribution is -2.47. The molecule has 0 saturated carbocycles. The van der Waals surface area contributed by atoms with Crippen LogP contribution in [0.2, 0.25) is 0 Å². The van der Waals surface area contributed by atoms with Gasteiger partial charge in [0, 0.05) is 37.4 Å². The first-order valence-electron chi connectivity index (χ1n) is 11.8. The molecular weight excluding hydrogens is 430 g/mol. The highest BCUT2D eigenvalue weighted by molar-refractivity contribution is 5.23. The maximum atomic E-state index is 14.0. The molecular formula is C29H34F2N2O. The number of hydrogen-bond donors (Lipinski definition) is 2. The standard InChI is InChI=1S/C29H34F2N2O/c1-3-15-32-27(4-2)29(34)28(18-24-16-25(30)19-26(31)17-24)33(20-22-11-7-5-8-12-22)21-23-13-9-6-10-14-23/h4-14,16-17,19,28-29,32,34H,3,15,18,20-21H2,1-2H3/b27-4-/t28-,29?/m0/s1. The smallest absolute Gasteiger partial charge is 0.126 e. The molecule has 3 aromatic carbocycles. The van der Waals surface area contributed by atoms with Crippen LogP contribution in [0.5, 0.6) is 0 Å². The van der Waals surface area contributed by atoms with E-state index in [1.165, 1.54) is 12.1 Å². The number of rotatable bonds is 12. The zero-order valence-electron chi connectivity index (χ0n) is 19.9. The van der Waals surface area contributed by atoms with Gasteiger partial charge in [-0.3, -0.25) is 4.90 Å². The summed E-state index contributed by atoms with van der Waals surface area (Å²) in [6.07, 6.45) is 2.22. The van der Waals surface area contributed by atoms with Crippen molar-refractivity contribution in [3.8, 4) is 0 Å². The first-order valence-corrected chi connectivity index (χ1v) is 11.8. The Hall–Kier alpha value is -3.02. The van der Waals surface area contributed by atoms with E-state index < -0.39 is 23.8 Å². The van der Waals surface area contributed by atoms with Crippen LogP contribution in [0.1, 0.15) is 37.0 Å². The Kier molecular flexibility index (Phi) is 9.80. The predicted octanol–water partition coefficient (Wildman–Crippen LogP) is 5.84. The van der Waals surface area contributed by atoms with Crippen molar-refractivity contribution < 1.29 is 13.9 Å². The second-order valence-corrected chi connectivity index (χ2v) is 8.54. The van der Waals surface area contributed by atoms with Gasteiger partial charge >= 0.3 is 0 Å². The Morgan fingerprint density at radius 3 is 1.88 bits per heavy atom. The van der Waals surface area contributed by atoms with Gasteiger partial charge in [0.05, 0.1) is 0 Å². The fourth-order valence-electron chi connectivity index (χ4n) is 4.19. The molecule has 0 saturated heterocycles. The van der Waals surface area contributed by atoms with Crippen molar-refractivity contribution in [2.24, 2.45) is 0 Å². The second kappa shape index (κ2) is 13.0. The summed E-state index contributed by atoms with van der Waals surface area (Å²) in [5, 5.41) is 14.9. The number of allylic oxidation sites excluding steroid dienone is 1. The van der Waals surface area contributed by atoms with Crippen molar-refractivity contribution in [2.75, 3.05) is 6.54 Å². The third-order valence-corrected chi connectivity index (χ3v) is 5.87. The van der Waals surface area contributed by atoms with Gasteiger partial charge in [-0.15, -0.1) is 0 Å². The summed E-state index contributed by atoms with van der Waals surface area (Å²) in [7, 11) is 0. The zero-order valence-corrected chi connectivity index (χ0v) is 19.9. The van der Waals surface area contributed by atoms with Crippen LogP contribution in [0.4, 0.5) is 8.78 Å². The average Bonchev–Trinajstić information content (AvgIpc) is 2.83. The summed E-state index contributed by atoms with van der Waals surface area (Å²) >= 11 is 0. The molecule has 0 amide bonds. The monoisotopic (exact) mass is 464 g/mol. The topological polar surface area (TPSA) is 35.5 Å². The molecule has 34 heavy (non-hydrogen) atoms. The molecule has 3 nitrogen and oxygen atoms in total. The Bertz CT molecular complexity index is 979. The van der Waals surface area contributed by atoms with Crippen LogP contribution in [0.3, 0.4) is 0 Å². The molecule has 0 heterocycles. The Morgan fingerprint density at radius 2 is 1.41 bits per heavy atom. The van der Waals surface area contributed by atoms with Crippen LogP contribution in [0.25, 0.3) is 0 Å². The van der Waals surface area contributed by atoms with Crippen LogP contribution in [-0.2, 0) is 19.5 Å². The number of hydrogen-bond acceptors (Lipinski definition) is 3. The average molecular weight is 465 g/mol. The molecule has 0 spiro atoms. The highest BCUT2D eigenvalue weighted by Gasteiger charge is 2.29. The molecule has 0 aliphatic carbocycles. The van der Waals surface area contributed by atoms with Gasteiger partial charge in [-0.1, -0.05) is 73.7 Å². The number of halogens is 2. The van der Waals surface area contributed by atoms with Crippen LogP contribution in [0, 0.1) is 11.6 Å². The van der Waals surface area contributed by atoms with Crippen molar-refractivity contribution in [1.82, 2.24) is 10.2 Å². The van der Waals surface area contributed by atoms with Crippen molar-refractivity contribution >= 4 is 0 Å². The van der Waals surface area contributed by atoms with Crippen molar-refractivity contribution in [1.29, 1.82) is 0 Å². The fraction of sp³-hybridized carbons (Fsp3) is 0.310. The van der Waals surface area contributed by atoms with Gasteiger partial charge in [0.15, 0.2) is 0 Å². The second-order valence-electron chi connectivity index (χ2n) is 8.54. The number of aliphatic hydroxyl groups is 1. The minimum atomic E-state index is -0.865. The van der Waals surface area contributed by atoms with E-state index in [2.05, 4.69) is 41.4 Å². The van der Waals surface area contributed by atoms with Gasteiger partial charge < -0.3 is 10.4 Å². The molecule has 0 radical (unpaired) electrons. The van der Waals surface area contributed by atoms with Crippen molar-refractivity contribution in [2.45, 2.75) is 51.9 Å². The van der Waals surface area contributed by atoms with Gasteiger partial charge in [-0.25, -0.2) is 8.78 Å². The molecule has 0 aromatic heterocycles. The lowest BCUT2D eigenvalue weighted by Gasteiger charge is -2.36. The highest BCUT2D eigenvalue weighted by Crippen LogP contribution is 2.23. The zero-order chi connectivity index (χ0) is 24.3. The highest BCUT2D eigenvalue weighted by atomic mass is 19.1.